The van der Waals surface area contributed by atoms with Crippen molar-refractivity contribution in [3.63, 3.8) is 0 Å². The second kappa shape index (κ2) is 6.99. The van der Waals surface area contributed by atoms with Crippen molar-refractivity contribution in [2.75, 3.05) is 33.9 Å². The molecule has 2 aliphatic rings. The summed E-state index contributed by atoms with van der Waals surface area (Å²) in [5, 5.41) is 0. The Bertz CT molecular complexity index is 483. The van der Waals surface area contributed by atoms with Crippen LogP contribution in [0.1, 0.15) is 31.2 Å². The van der Waals surface area contributed by atoms with Crippen LogP contribution in [0, 0.1) is 0 Å². The summed E-state index contributed by atoms with van der Waals surface area (Å²) >= 11 is 0. The average molecular weight is 305 g/mol. The molecule has 4 nitrogen and oxygen atoms in total. The zero-order valence-electron chi connectivity index (χ0n) is 13.7. The molecule has 2 aliphatic heterocycles. The first-order chi connectivity index (χ1) is 10.8. The normalized spacial score (nSPS) is 25.3. The Labute approximate surface area is 133 Å². The van der Waals surface area contributed by atoms with E-state index in [0.717, 1.165) is 57.7 Å². The number of ether oxygens (including phenoxy) is 3. The van der Waals surface area contributed by atoms with Gasteiger partial charge in [0.05, 0.1) is 18.8 Å². The molecule has 122 valence electrons. The molecule has 0 aliphatic carbocycles. The molecule has 0 saturated carbocycles. The molecule has 0 radical (unpaired) electrons. The lowest BCUT2D eigenvalue weighted by molar-refractivity contribution is -0.186. The van der Waals surface area contributed by atoms with E-state index in [1.807, 2.05) is 19.2 Å². The van der Waals surface area contributed by atoms with E-state index in [1.54, 1.807) is 7.11 Å². The van der Waals surface area contributed by atoms with Gasteiger partial charge in [-0.15, -0.1) is 0 Å². The fourth-order valence-corrected chi connectivity index (χ4v) is 3.86. The second-order valence-electron chi connectivity index (χ2n) is 6.37. The van der Waals surface area contributed by atoms with Crippen LogP contribution in [0.5, 0.6) is 5.75 Å². The highest BCUT2D eigenvalue weighted by molar-refractivity contribution is 5.33. The lowest BCUT2D eigenvalue weighted by atomic mass is 9.81. The standard InChI is InChI=1S/C18H27NO3/c1-20-16-7-4-3-6-15(16)14-19-11-9-18(10-12-19)17(21-2)8-5-13-22-18/h3-4,6-7,17H,5,8-14H2,1-2H3/t17-/m0/s1. The highest BCUT2D eigenvalue weighted by Gasteiger charge is 2.44. The molecule has 2 heterocycles. The molecule has 2 saturated heterocycles. The summed E-state index contributed by atoms with van der Waals surface area (Å²) in [4.78, 5) is 2.49. The number of rotatable bonds is 4. The minimum atomic E-state index is -0.0513. The van der Waals surface area contributed by atoms with Crippen molar-refractivity contribution in [1.29, 1.82) is 0 Å². The molecule has 0 aromatic heterocycles. The highest BCUT2D eigenvalue weighted by Crippen LogP contribution is 2.37. The zero-order chi connectivity index (χ0) is 15.4. The maximum absolute atomic E-state index is 6.18. The average Bonchev–Trinajstić information content (AvgIpc) is 2.58. The monoisotopic (exact) mass is 305 g/mol. The minimum absolute atomic E-state index is 0.0513. The maximum atomic E-state index is 6.18. The van der Waals surface area contributed by atoms with Crippen LogP contribution in [0.4, 0.5) is 0 Å². The number of piperidine rings is 1. The molecule has 0 unspecified atom stereocenters. The van der Waals surface area contributed by atoms with Crippen molar-refractivity contribution >= 4 is 0 Å². The Kier molecular flexibility index (Phi) is 5.01. The maximum Gasteiger partial charge on any atom is 0.123 e. The molecule has 0 amide bonds. The summed E-state index contributed by atoms with van der Waals surface area (Å²) in [6.07, 6.45) is 4.62. The summed E-state index contributed by atoms with van der Waals surface area (Å²) < 4.78 is 17.3. The van der Waals surface area contributed by atoms with Gasteiger partial charge in [-0.2, -0.15) is 0 Å². The number of hydrogen-bond donors (Lipinski definition) is 0. The van der Waals surface area contributed by atoms with Crippen molar-refractivity contribution in [3.8, 4) is 5.75 Å². The molecule has 1 atom stereocenters. The Morgan fingerprint density at radius 3 is 2.73 bits per heavy atom. The minimum Gasteiger partial charge on any atom is -0.496 e. The van der Waals surface area contributed by atoms with Gasteiger partial charge in [-0.1, -0.05) is 18.2 Å². The smallest absolute Gasteiger partial charge is 0.123 e. The SMILES string of the molecule is COc1ccccc1CN1CCC2(CC1)OCCC[C@@H]2OC. The van der Waals surface area contributed by atoms with Crippen LogP contribution in [0.3, 0.4) is 0 Å². The molecular formula is C18H27NO3. The summed E-state index contributed by atoms with van der Waals surface area (Å²) in [6, 6.07) is 8.28. The van der Waals surface area contributed by atoms with Crippen molar-refractivity contribution in [2.24, 2.45) is 0 Å². The van der Waals surface area contributed by atoms with Crippen LogP contribution in [-0.2, 0) is 16.0 Å². The Morgan fingerprint density at radius 2 is 2.00 bits per heavy atom. The third-order valence-electron chi connectivity index (χ3n) is 5.16. The third kappa shape index (κ3) is 3.14. The molecule has 2 fully saturated rings. The van der Waals surface area contributed by atoms with Crippen LogP contribution >= 0.6 is 0 Å². The van der Waals surface area contributed by atoms with Gasteiger partial charge >= 0.3 is 0 Å². The first kappa shape index (κ1) is 15.8. The summed E-state index contributed by atoms with van der Waals surface area (Å²) in [5.74, 6) is 0.978. The Morgan fingerprint density at radius 1 is 1.23 bits per heavy atom. The van der Waals surface area contributed by atoms with Gasteiger partial charge in [0.2, 0.25) is 0 Å². The van der Waals surface area contributed by atoms with Crippen LogP contribution in [0.25, 0.3) is 0 Å². The van der Waals surface area contributed by atoms with Gasteiger partial charge in [-0.05, 0) is 31.7 Å². The van der Waals surface area contributed by atoms with E-state index < -0.39 is 0 Å². The molecule has 3 rings (SSSR count). The summed E-state index contributed by atoms with van der Waals surface area (Å²) in [6.45, 7) is 3.93. The zero-order valence-corrected chi connectivity index (χ0v) is 13.7. The van der Waals surface area contributed by atoms with E-state index in [4.69, 9.17) is 14.2 Å². The second-order valence-corrected chi connectivity index (χ2v) is 6.37. The largest absolute Gasteiger partial charge is 0.496 e. The lowest BCUT2D eigenvalue weighted by Crippen LogP contribution is -2.55. The molecule has 0 bridgehead atoms. The number of benzene rings is 1. The highest BCUT2D eigenvalue weighted by atomic mass is 16.5. The molecule has 1 aromatic rings. The van der Waals surface area contributed by atoms with Gasteiger partial charge in [0.15, 0.2) is 0 Å². The van der Waals surface area contributed by atoms with Gasteiger partial charge in [0, 0.05) is 38.9 Å². The van der Waals surface area contributed by atoms with Crippen LogP contribution < -0.4 is 4.74 Å². The predicted molar refractivity (Wildman–Crippen MR) is 86.2 cm³/mol. The van der Waals surface area contributed by atoms with Gasteiger partial charge in [-0.3, -0.25) is 4.90 Å². The topological polar surface area (TPSA) is 30.9 Å². The number of methoxy groups -OCH3 is 2. The summed E-state index contributed by atoms with van der Waals surface area (Å²) in [5.41, 5.74) is 1.21. The molecule has 22 heavy (non-hydrogen) atoms. The fraction of sp³-hybridized carbons (Fsp3) is 0.667. The molecule has 4 heteroatoms. The van der Waals surface area contributed by atoms with E-state index in [0.29, 0.717) is 0 Å². The molecular weight excluding hydrogens is 278 g/mol. The van der Waals surface area contributed by atoms with E-state index in [2.05, 4.69) is 17.0 Å². The first-order valence-electron chi connectivity index (χ1n) is 8.28. The quantitative estimate of drug-likeness (QED) is 0.856. The molecule has 0 N–H and O–H groups in total. The van der Waals surface area contributed by atoms with Crippen LogP contribution in [0.2, 0.25) is 0 Å². The van der Waals surface area contributed by atoms with Crippen molar-refractivity contribution in [1.82, 2.24) is 4.90 Å². The van der Waals surface area contributed by atoms with E-state index >= 15 is 0 Å². The van der Waals surface area contributed by atoms with Crippen molar-refractivity contribution < 1.29 is 14.2 Å². The van der Waals surface area contributed by atoms with Gasteiger partial charge in [-0.25, -0.2) is 0 Å². The van der Waals surface area contributed by atoms with Gasteiger partial charge in [0.1, 0.15) is 5.75 Å². The Balaban J connectivity index is 1.62. The lowest BCUT2D eigenvalue weighted by Gasteiger charge is -2.48. The number of nitrogens with zero attached hydrogens (tertiary/aromatic N) is 1. The Hall–Kier alpha value is -1.10. The van der Waals surface area contributed by atoms with Gasteiger partial charge < -0.3 is 14.2 Å². The molecule has 1 spiro atoms. The van der Waals surface area contributed by atoms with Crippen LogP contribution in [0.15, 0.2) is 24.3 Å². The number of hydrogen-bond acceptors (Lipinski definition) is 4. The number of likely N-dealkylation sites (tertiary alicyclic amines) is 1. The van der Waals surface area contributed by atoms with E-state index in [9.17, 15) is 0 Å². The fourth-order valence-electron chi connectivity index (χ4n) is 3.86. The van der Waals surface area contributed by atoms with Gasteiger partial charge in [0.25, 0.3) is 0 Å². The first-order valence-corrected chi connectivity index (χ1v) is 8.28. The third-order valence-corrected chi connectivity index (χ3v) is 5.16. The van der Waals surface area contributed by atoms with Crippen molar-refractivity contribution in [3.05, 3.63) is 29.8 Å². The van der Waals surface area contributed by atoms with E-state index in [1.165, 1.54) is 5.56 Å². The molecule has 1 aromatic carbocycles. The number of para-hydroxylation sites is 1. The summed E-state index contributed by atoms with van der Waals surface area (Å²) in [7, 11) is 3.56. The van der Waals surface area contributed by atoms with E-state index in [-0.39, 0.29) is 11.7 Å². The predicted octanol–water partition coefficient (Wildman–Crippen LogP) is 2.86. The van der Waals surface area contributed by atoms with Crippen LogP contribution in [-0.4, -0.2) is 50.5 Å². The van der Waals surface area contributed by atoms with Crippen molar-refractivity contribution in [2.45, 2.75) is 43.9 Å².